The summed E-state index contributed by atoms with van der Waals surface area (Å²) in [4.78, 5) is 12.1. The van der Waals surface area contributed by atoms with Gasteiger partial charge in [0.05, 0.1) is 12.5 Å². The van der Waals surface area contributed by atoms with Gasteiger partial charge < -0.3 is 14.8 Å². The molecule has 1 amide bonds. The molecule has 0 bridgehead atoms. The molecule has 2 aromatic rings. The van der Waals surface area contributed by atoms with Crippen LogP contribution in [0.4, 0.5) is 0 Å². The van der Waals surface area contributed by atoms with Crippen LogP contribution in [-0.4, -0.2) is 12.7 Å². The first-order valence-electron chi connectivity index (χ1n) is 6.95. The zero-order valence-electron chi connectivity index (χ0n) is 11.8. The Morgan fingerprint density at radius 1 is 1.14 bits per heavy atom. The van der Waals surface area contributed by atoms with E-state index in [9.17, 15) is 4.79 Å². The van der Waals surface area contributed by atoms with Crippen molar-refractivity contribution >= 4 is 5.91 Å². The normalized spacial score (nSPS) is 13.8. The van der Waals surface area contributed by atoms with Crippen molar-refractivity contribution in [3.63, 3.8) is 0 Å². The average Bonchev–Trinajstić information content (AvgIpc) is 2.95. The zero-order valence-corrected chi connectivity index (χ0v) is 11.8. The predicted molar refractivity (Wildman–Crippen MR) is 79.3 cm³/mol. The zero-order chi connectivity index (χ0) is 14.7. The number of amides is 1. The van der Waals surface area contributed by atoms with Gasteiger partial charge in [0.2, 0.25) is 12.7 Å². The van der Waals surface area contributed by atoms with Gasteiger partial charge in [-0.25, -0.2) is 0 Å². The van der Waals surface area contributed by atoms with Crippen LogP contribution in [0.5, 0.6) is 11.5 Å². The van der Waals surface area contributed by atoms with E-state index in [0.29, 0.717) is 6.42 Å². The first kappa shape index (κ1) is 13.5. The minimum Gasteiger partial charge on any atom is -0.454 e. The molecule has 1 N–H and O–H groups in total. The number of carbonyl (C=O) groups excluding carboxylic acids is 1. The monoisotopic (exact) mass is 283 g/mol. The smallest absolute Gasteiger partial charge is 0.231 e. The van der Waals surface area contributed by atoms with E-state index in [-0.39, 0.29) is 18.7 Å². The van der Waals surface area contributed by atoms with Crippen LogP contribution in [-0.2, 0) is 11.2 Å². The van der Waals surface area contributed by atoms with E-state index >= 15 is 0 Å². The predicted octanol–water partition coefficient (Wildman–Crippen LogP) is 2.84. The summed E-state index contributed by atoms with van der Waals surface area (Å²) in [5, 5.41) is 3.00. The third-order valence-electron chi connectivity index (χ3n) is 3.48. The van der Waals surface area contributed by atoms with Gasteiger partial charge in [-0.3, -0.25) is 4.79 Å². The van der Waals surface area contributed by atoms with Gasteiger partial charge >= 0.3 is 0 Å². The largest absolute Gasteiger partial charge is 0.454 e. The second-order valence-corrected chi connectivity index (χ2v) is 5.06. The molecule has 0 unspecified atom stereocenters. The van der Waals surface area contributed by atoms with Crippen molar-refractivity contribution in [2.45, 2.75) is 19.4 Å². The van der Waals surface area contributed by atoms with Crippen molar-refractivity contribution in [3.05, 3.63) is 59.7 Å². The molecule has 2 aromatic carbocycles. The second kappa shape index (κ2) is 5.87. The first-order valence-corrected chi connectivity index (χ1v) is 6.95. The molecule has 4 nitrogen and oxygen atoms in total. The van der Waals surface area contributed by atoms with Crippen LogP contribution in [0.2, 0.25) is 0 Å². The van der Waals surface area contributed by atoms with Crippen LogP contribution >= 0.6 is 0 Å². The molecule has 1 atom stereocenters. The van der Waals surface area contributed by atoms with Gasteiger partial charge in [-0.05, 0) is 30.2 Å². The number of nitrogens with one attached hydrogen (secondary N) is 1. The summed E-state index contributed by atoms with van der Waals surface area (Å²) in [6, 6.07) is 15.4. The van der Waals surface area contributed by atoms with Gasteiger partial charge in [-0.2, -0.15) is 0 Å². The quantitative estimate of drug-likeness (QED) is 0.938. The Hall–Kier alpha value is -2.49. The van der Waals surface area contributed by atoms with Crippen LogP contribution < -0.4 is 14.8 Å². The number of hydrogen-bond donors (Lipinski definition) is 1. The Morgan fingerprint density at radius 3 is 2.71 bits per heavy atom. The number of ether oxygens (including phenoxy) is 2. The first-order chi connectivity index (χ1) is 10.2. The van der Waals surface area contributed by atoms with Gasteiger partial charge in [0, 0.05) is 0 Å². The maximum Gasteiger partial charge on any atom is 0.231 e. The van der Waals surface area contributed by atoms with Gasteiger partial charge in [-0.15, -0.1) is 0 Å². The Morgan fingerprint density at radius 2 is 1.90 bits per heavy atom. The van der Waals surface area contributed by atoms with Crippen molar-refractivity contribution < 1.29 is 14.3 Å². The van der Waals surface area contributed by atoms with E-state index in [0.717, 1.165) is 22.6 Å². The highest BCUT2D eigenvalue weighted by Crippen LogP contribution is 2.34. The molecule has 0 radical (unpaired) electrons. The van der Waals surface area contributed by atoms with Crippen LogP contribution in [0.15, 0.2) is 48.5 Å². The molecule has 0 spiro atoms. The summed E-state index contributed by atoms with van der Waals surface area (Å²) in [6.07, 6.45) is 0.385. The fourth-order valence-electron chi connectivity index (χ4n) is 2.34. The summed E-state index contributed by atoms with van der Waals surface area (Å²) in [5.74, 6) is 1.49. The van der Waals surface area contributed by atoms with Gasteiger partial charge in [0.25, 0.3) is 0 Å². The average molecular weight is 283 g/mol. The van der Waals surface area contributed by atoms with E-state index in [2.05, 4.69) is 5.32 Å². The number of carbonyl (C=O) groups is 1. The fourth-order valence-corrected chi connectivity index (χ4v) is 2.34. The second-order valence-electron chi connectivity index (χ2n) is 5.06. The van der Waals surface area contributed by atoms with Gasteiger partial charge in [0.1, 0.15) is 0 Å². The highest BCUT2D eigenvalue weighted by atomic mass is 16.7. The lowest BCUT2D eigenvalue weighted by atomic mass is 10.1. The summed E-state index contributed by atoms with van der Waals surface area (Å²) in [6.45, 7) is 2.22. The molecular weight excluding hydrogens is 266 g/mol. The Labute approximate surface area is 123 Å². The van der Waals surface area contributed by atoms with Crippen LogP contribution in [0.3, 0.4) is 0 Å². The van der Waals surface area contributed by atoms with Crippen LogP contribution in [0.1, 0.15) is 24.1 Å². The third-order valence-corrected chi connectivity index (χ3v) is 3.48. The van der Waals surface area contributed by atoms with Crippen molar-refractivity contribution in [3.8, 4) is 11.5 Å². The summed E-state index contributed by atoms with van der Waals surface area (Å²) in [5.41, 5.74) is 2.01. The standard InChI is InChI=1S/C17H17NO3/c1-12(14-7-8-15-16(10-14)21-11-20-15)18-17(19)9-13-5-3-2-4-6-13/h2-8,10,12H,9,11H2,1H3,(H,18,19)/t12-/m0/s1. The highest BCUT2D eigenvalue weighted by Gasteiger charge is 2.16. The maximum absolute atomic E-state index is 12.1. The van der Waals surface area contributed by atoms with Gasteiger partial charge in [0.15, 0.2) is 11.5 Å². The number of hydrogen-bond acceptors (Lipinski definition) is 3. The molecule has 1 aliphatic rings. The molecule has 4 heteroatoms. The topological polar surface area (TPSA) is 47.6 Å². The Kier molecular flexibility index (Phi) is 3.77. The minimum atomic E-state index is -0.0734. The van der Waals surface area contributed by atoms with E-state index in [1.165, 1.54) is 0 Å². The molecular formula is C17H17NO3. The van der Waals surface area contributed by atoms with E-state index < -0.39 is 0 Å². The van der Waals surface area contributed by atoms with Crippen LogP contribution in [0.25, 0.3) is 0 Å². The number of benzene rings is 2. The lowest BCUT2D eigenvalue weighted by molar-refractivity contribution is -0.121. The molecule has 0 saturated carbocycles. The Balaban J connectivity index is 1.63. The molecule has 3 rings (SSSR count). The molecule has 0 saturated heterocycles. The molecule has 21 heavy (non-hydrogen) atoms. The van der Waals surface area contributed by atoms with Crippen molar-refractivity contribution in [2.75, 3.05) is 6.79 Å². The lowest BCUT2D eigenvalue weighted by Gasteiger charge is -2.15. The fraction of sp³-hybridized carbons (Fsp3) is 0.235. The van der Waals surface area contributed by atoms with Crippen molar-refractivity contribution in [2.24, 2.45) is 0 Å². The summed E-state index contributed by atoms with van der Waals surface area (Å²) >= 11 is 0. The summed E-state index contributed by atoms with van der Waals surface area (Å²) < 4.78 is 10.6. The molecule has 0 aromatic heterocycles. The number of fused-ring (bicyclic) bond motifs is 1. The molecule has 0 fully saturated rings. The van der Waals surface area contributed by atoms with Crippen molar-refractivity contribution in [1.29, 1.82) is 0 Å². The maximum atomic E-state index is 12.1. The lowest BCUT2D eigenvalue weighted by Crippen LogP contribution is -2.28. The van der Waals surface area contributed by atoms with Crippen LogP contribution in [0, 0.1) is 0 Å². The molecule has 1 heterocycles. The summed E-state index contributed by atoms with van der Waals surface area (Å²) in [7, 11) is 0. The number of rotatable bonds is 4. The minimum absolute atomic E-state index is 0.00590. The van der Waals surface area contributed by atoms with E-state index in [1.807, 2.05) is 55.5 Å². The van der Waals surface area contributed by atoms with Crippen molar-refractivity contribution in [1.82, 2.24) is 5.32 Å². The molecule has 108 valence electrons. The van der Waals surface area contributed by atoms with Gasteiger partial charge in [-0.1, -0.05) is 36.4 Å². The SMILES string of the molecule is C[C@H](NC(=O)Cc1ccccc1)c1ccc2c(c1)OCO2. The van der Waals surface area contributed by atoms with E-state index in [4.69, 9.17) is 9.47 Å². The molecule has 0 aliphatic carbocycles. The Bertz CT molecular complexity index is 640. The third kappa shape index (κ3) is 3.16. The highest BCUT2D eigenvalue weighted by molar-refractivity contribution is 5.79. The van der Waals surface area contributed by atoms with E-state index in [1.54, 1.807) is 0 Å². The molecule has 1 aliphatic heterocycles.